The van der Waals surface area contributed by atoms with E-state index in [-0.39, 0.29) is 0 Å². The van der Waals surface area contributed by atoms with Crippen molar-refractivity contribution in [1.82, 2.24) is 5.32 Å². The third kappa shape index (κ3) is 6.01. The van der Waals surface area contributed by atoms with Crippen LogP contribution in [-0.4, -0.2) is 13.2 Å². The Labute approximate surface area is 128 Å². The first-order chi connectivity index (χ1) is 10.4. The molecular formula is C19H25NO. The molecule has 2 nitrogen and oxygen atoms in total. The van der Waals surface area contributed by atoms with Crippen molar-refractivity contribution in [2.45, 2.75) is 32.7 Å². The van der Waals surface area contributed by atoms with Crippen molar-refractivity contribution in [3.63, 3.8) is 0 Å². The first kappa shape index (κ1) is 15.6. The smallest absolute Gasteiger partial charge is 0.119 e. The number of aryl methyl sites for hydroxylation is 1. The van der Waals surface area contributed by atoms with E-state index in [1.807, 2.05) is 6.07 Å². The summed E-state index contributed by atoms with van der Waals surface area (Å²) in [5.41, 5.74) is 2.66. The summed E-state index contributed by atoms with van der Waals surface area (Å²) < 4.78 is 5.85. The van der Waals surface area contributed by atoms with Crippen LogP contribution >= 0.6 is 0 Å². The topological polar surface area (TPSA) is 21.3 Å². The minimum absolute atomic E-state index is 0.765. The van der Waals surface area contributed by atoms with E-state index < -0.39 is 0 Å². The standard InChI is InChI=1S/C19H25NO/c1-2-13-20-16-18-10-6-12-19(15-18)21-14-7-11-17-8-4-3-5-9-17/h3-6,8-10,12,15,20H,2,7,11,13-14,16H2,1H3. The molecule has 0 unspecified atom stereocenters. The van der Waals surface area contributed by atoms with Crippen molar-refractivity contribution in [3.8, 4) is 5.75 Å². The minimum atomic E-state index is 0.765. The average Bonchev–Trinajstić information content (AvgIpc) is 2.53. The molecule has 0 saturated heterocycles. The highest BCUT2D eigenvalue weighted by Gasteiger charge is 1.98. The summed E-state index contributed by atoms with van der Waals surface area (Å²) in [4.78, 5) is 0. The van der Waals surface area contributed by atoms with Gasteiger partial charge in [0.2, 0.25) is 0 Å². The molecule has 0 spiro atoms. The highest BCUT2D eigenvalue weighted by molar-refractivity contribution is 5.28. The molecule has 2 aromatic rings. The molecule has 2 heteroatoms. The minimum Gasteiger partial charge on any atom is -0.494 e. The summed E-state index contributed by atoms with van der Waals surface area (Å²) in [6.07, 6.45) is 3.27. The van der Waals surface area contributed by atoms with Crippen molar-refractivity contribution in [1.29, 1.82) is 0 Å². The Bertz CT molecular complexity index is 510. The number of rotatable bonds is 9. The van der Waals surface area contributed by atoms with Crippen LogP contribution in [0.4, 0.5) is 0 Å². The number of benzene rings is 2. The van der Waals surface area contributed by atoms with E-state index in [1.165, 1.54) is 11.1 Å². The second-order valence-corrected chi connectivity index (χ2v) is 5.26. The number of hydrogen-bond acceptors (Lipinski definition) is 2. The van der Waals surface area contributed by atoms with E-state index >= 15 is 0 Å². The maximum absolute atomic E-state index is 5.85. The van der Waals surface area contributed by atoms with Crippen LogP contribution in [0, 0.1) is 0 Å². The molecule has 0 amide bonds. The number of hydrogen-bond donors (Lipinski definition) is 1. The Hall–Kier alpha value is -1.80. The fourth-order valence-electron chi connectivity index (χ4n) is 2.27. The van der Waals surface area contributed by atoms with E-state index in [2.05, 4.69) is 60.8 Å². The van der Waals surface area contributed by atoms with Gasteiger partial charge >= 0.3 is 0 Å². The Morgan fingerprint density at radius 3 is 2.57 bits per heavy atom. The lowest BCUT2D eigenvalue weighted by atomic mass is 10.1. The van der Waals surface area contributed by atoms with E-state index in [0.29, 0.717) is 0 Å². The van der Waals surface area contributed by atoms with Crippen LogP contribution in [0.5, 0.6) is 5.75 Å². The Kier molecular flexibility index (Phi) is 6.82. The molecule has 0 bridgehead atoms. The van der Waals surface area contributed by atoms with E-state index in [9.17, 15) is 0 Å². The molecule has 112 valence electrons. The third-order valence-corrected chi connectivity index (χ3v) is 3.38. The summed E-state index contributed by atoms with van der Waals surface area (Å²) in [5.74, 6) is 0.971. The van der Waals surface area contributed by atoms with Crippen LogP contribution in [0.15, 0.2) is 54.6 Å². The van der Waals surface area contributed by atoms with Gasteiger partial charge in [0, 0.05) is 6.54 Å². The molecular weight excluding hydrogens is 258 g/mol. The molecule has 0 atom stereocenters. The van der Waals surface area contributed by atoms with Gasteiger partial charge in [-0.3, -0.25) is 0 Å². The first-order valence-corrected chi connectivity index (χ1v) is 7.85. The van der Waals surface area contributed by atoms with Gasteiger partial charge in [0.05, 0.1) is 6.61 Å². The van der Waals surface area contributed by atoms with Gasteiger partial charge in [-0.1, -0.05) is 49.4 Å². The normalized spacial score (nSPS) is 10.5. The molecule has 21 heavy (non-hydrogen) atoms. The molecule has 0 aromatic heterocycles. The lowest BCUT2D eigenvalue weighted by molar-refractivity contribution is 0.310. The van der Waals surface area contributed by atoms with E-state index in [0.717, 1.165) is 44.7 Å². The molecule has 0 aliphatic heterocycles. The van der Waals surface area contributed by atoms with E-state index in [4.69, 9.17) is 4.74 Å². The molecule has 0 saturated carbocycles. The van der Waals surface area contributed by atoms with Gasteiger partial charge < -0.3 is 10.1 Å². The molecule has 2 aromatic carbocycles. The van der Waals surface area contributed by atoms with Crippen LogP contribution in [0.2, 0.25) is 0 Å². The van der Waals surface area contributed by atoms with Gasteiger partial charge in [-0.2, -0.15) is 0 Å². The van der Waals surface area contributed by atoms with Gasteiger partial charge in [0.25, 0.3) is 0 Å². The van der Waals surface area contributed by atoms with Crippen LogP contribution < -0.4 is 10.1 Å². The van der Waals surface area contributed by atoms with Gasteiger partial charge in [-0.15, -0.1) is 0 Å². The van der Waals surface area contributed by atoms with Crippen LogP contribution in [0.3, 0.4) is 0 Å². The van der Waals surface area contributed by atoms with Crippen molar-refractivity contribution >= 4 is 0 Å². The summed E-state index contributed by atoms with van der Waals surface area (Å²) in [7, 11) is 0. The Balaban J connectivity index is 1.71. The quantitative estimate of drug-likeness (QED) is 0.696. The van der Waals surface area contributed by atoms with Gasteiger partial charge in [-0.05, 0) is 49.1 Å². The zero-order valence-electron chi connectivity index (χ0n) is 12.8. The predicted molar refractivity (Wildman–Crippen MR) is 88.7 cm³/mol. The van der Waals surface area contributed by atoms with Crippen LogP contribution in [0.1, 0.15) is 30.9 Å². The third-order valence-electron chi connectivity index (χ3n) is 3.38. The fourth-order valence-corrected chi connectivity index (χ4v) is 2.27. The van der Waals surface area contributed by atoms with Gasteiger partial charge in [0.1, 0.15) is 5.75 Å². The summed E-state index contributed by atoms with van der Waals surface area (Å²) >= 11 is 0. The maximum atomic E-state index is 5.85. The average molecular weight is 283 g/mol. The second-order valence-electron chi connectivity index (χ2n) is 5.26. The Morgan fingerprint density at radius 2 is 1.76 bits per heavy atom. The largest absolute Gasteiger partial charge is 0.494 e. The van der Waals surface area contributed by atoms with Gasteiger partial charge in [-0.25, -0.2) is 0 Å². The highest BCUT2D eigenvalue weighted by atomic mass is 16.5. The number of nitrogens with one attached hydrogen (secondary N) is 1. The van der Waals surface area contributed by atoms with Crippen molar-refractivity contribution in [3.05, 3.63) is 65.7 Å². The first-order valence-electron chi connectivity index (χ1n) is 7.85. The molecule has 0 heterocycles. The lowest BCUT2D eigenvalue weighted by Gasteiger charge is -2.09. The van der Waals surface area contributed by atoms with Crippen LogP contribution in [0.25, 0.3) is 0 Å². The van der Waals surface area contributed by atoms with Crippen molar-refractivity contribution in [2.24, 2.45) is 0 Å². The fraction of sp³-hybridized carbons (Fsp3) is 0.368. The van der Waals surface area contributed by atoms with Crippen molar-refractivity contribution in [2.75, 3.05) is 13.2 Å². The number of ether oxygens (including phenoxy) is 1. The van der Waals surface area contributed by atoms with E-state index in [1.54, 1.807) is 0 Å². The zero-order chi connectivity index (χ0) is 14.8. The van der Waals surface area contributed by atoms with Crippen LogP contribution in [-0.2, 0) is 13.0 Å². The summed E-state index contributed by atoms with van der Waals surface area (Å²) in [6, 6.07) is 18.9. The molecule has 0 radical (unpaired) electrons. The monoisotopic (exact) mass is 283 g/mol. The molecule has 0 aliphatic carbocycles. The maximum Gasteiger partial charge on any atom is 0.119 e. The predicted octanol–water partition coefficient (Wildman–Crippen LogP) is 4.20. The van der Waals surface area contributed by atoms with Gasteiger partial charge in [0.15, 0.2) is 0 Å². The molecule has 2 rings (SSSR count). The zero-order valence-corrected chi connectivity index (χ0v) is 12.8. The second kappa shape index (κ2) is 9.19. The van der Waals surface area contributed by atoms with Crippen molar-refractivity contribution < 1.29 is 4.74 Å². The molecule has 1 N–H and O–H groups in total. The molecule has 0 fully saturated rings. The Morgan fingerprint density at radius 1 is 0.952 bits per heavy atom. The SMILES string of the molecule is CCCNCc1cccc(OCCCc2ccccc2)c1. The molecule has 0 aliphatic rings. The lowest BCUT2D eigenvalue weighted by Crippen LogP contribution is -2.13. The summed E-state index contributed by atoms with van der Waals surface area (Å²) in [6.45, 7) is 4.91. The summed E-state index contributed by atoms with van der Waals surface area (Å²) in [5, 5.41) is 3.41. The highest BCUT2D eigenvalue weighted by Crippen LogP contribution is 2.14.